The fourth-order valence-corrected chi connectivity index (χ4v) is 1.51. The Morgan fingerprint density at radius 2 is 2.27 bits per heavy atom. The Hall–Kier alpha value is -1.91. The minimum Gasteiger partial charge on any atom is -0.332 e. The summed E-state index contributed by atoms with van der Waals surface area (Å²) in [6.07, 6.45) is 3.52. The van der Waals surface area contributed by atoms with Gasteiger partial charge in [0.1, 0.15) is 5.52 Å². The summed E-state index contributed by atoms with van der Waals surface area (Å²) >= 11 is 0. The maximum Gasteiger partial charge on any atom is 0.221 e. The lowest BCUT2D eigenvalue weighted by Gasteiger charge is -1.98. The van der Waals surface area contributed by atoms with Gasteiger partial charge in [-0.1, -0.05) is 0 Å². The van der Waals surface area contributed by atoms with Gasteiger partial charge in [0, 0.05) is 20.2 Å². The van der Waals surface area contributed by atoms with Crippen molar-refractivity contribution >= 4 is 22.8 Å². The summed E-state index contributed by atoms with van der Waals surface area (Å²) in [5.41, 5.74) is 3.04. The van der Waals surface area contributed by atoms with E-state index in [4.69, 9.17) is 0 Å². The van der Waals surface area contributed by atoms with Gasteiger partial charge in [-0.3, -0.25) is 4.79 Å². The summed E-state index contributed by atoms with van der Waals surface area (Å²) in [6, 6.07) is 0. The van der Waals surface area contributed by atoms with E-state index in [1.807, 2.05) is 24.7 Å². The number of nitrogens with one attached hydrogen (secondary N) is 1. The molecule has 5 heteroatoms. The van der Waals surface area contributed by atoms with Crippen LogP contribution in [-0.4, -0.2) is 20.4 Å². The van der Waals surface area contributed by atoms with E-state index in [2.05, 4.69) is 15.3 Å². The highest BCUT2D eigenvalue weighted by atomic mass is 16.1. The third-order valence-corrected chi connectivity index (χ3v) is 2.10. The standard InChI is InChI=1S/C10H12N4O/c1-6-4-11-10-9(12-6)8(5-14(10)3)13-7(2)15/h4-5H,1-3H3,(H,13,15). The molecule has 0 aliphatic rings. The number of nitrogens with zero attached hydrogens (tertiary/aromatic N) is 3. The van der Waals surface area contributed by atoms with Crippen molar-refractivity contribution in [3.63, 3.8) is 0 Å². The van der Waals surface area contributed by atoms with Gasteiger partial charge in [0.15, 0.2) is 5.65 Å². The fraction of sp³-hybridized carbons (Fsp3) is 0.300. The molecule has 0 radical (unpaired) electrons. The second-order valence-electron chi connectivity index (χ2n) is 3.52. The van der Waals surface area contributed by atoms with Crippen molar-refractivity contribution in [2.45, 2.75) is 13.8 Å². The first kappa shape index (κ1) is 9.64. The van der Waals surface area contributed by atoms with Crippen LogP contribution in [0.15, 0.2) is 12.4 Å². The van der Waals surface area contributed by atoms with Crippen molar-refractivity contribution in [2.24, 2.45) is 7.05 Å². The van der Waals surface area contributed by atoms with Crippen LogP contribution >= 0.6 is 0 Å². The molecule has 0 saturated heterocycles. The molecular weight excluding hydrogens is 192 g/mol. The molecule has 2 rings (SSSR count). The average molecular weight is 204 g/mol. The number of anilines is 1. The van der Waals surface area contributed by atoms with Crippen LogP contribution in [0.25, 0.3) is 11.2 Å². The van der Waals surface area contributed by atoms with Crippen LogP contribution in [0.1, 0.15) is 12.6 Å². The highest BCUT2D eigenvalue weighted by molar-refractivity contribution is 5.98. The van der Waals surface area contributed by atoms with Crippen molar-refractivity contribution in [2.75, 3.05) is 5.32 Å². The molecule has 0 unspecified atom stereocenters. The number of hydrogen-bond donors (Lipinski definition) is 1. The van der Waals surface area contributed by atoms with Gasteiger partial charge in [-0.05, 0) is 6.92 Å². The molecule has 78 valence electrons. The predicted molar refractivity (Wildman–Crippen MR) is 57.5 cm³/mol. The van der Waals surface area contributed by atoms with Gasteiger partial charge >= 0.3 is 0 Å². The number of hydrogen-bond acceptors (Lipinski definition) is 3. The Labute approximate surface area is 87.1 Å². The maximum absolute atomic E-state index is 11.0. The maximum atomic E-state index is 11.0. The Morgan fingerprint density at radius 1 is 1.53 bits per heavy atom. The second kappa shape index (κ2) is 3.34. The summed E-state index contributed by atoms with van der Waals surface area (Å²) in [6.45, 7) is 3.35. The number of aryl methyl sites for hydroxylation is 2. The van der Waals surface area contributed by atoms with Crippen LogP contribution < -0.4 is 5.32 Å². The molecule has 15 heavy (non-hydrogen) atoms. The molecule has 0 aliphatic heterocycles. The van der Waals surface area contributed by atoms with Crippen LogP contribution in [0.2, 0.25) is 0 Å². The quantitative estimate of drug-likeness (QED) is 0.760. The molecule has 2 aromatic heterocycles. The Morgan fingerprint density at radius 3 is 2.93 bits per heavy atom. The molecule has 2 heterocycles. The zero-order chi connectivity index (χ0) is 11.0. The molecule has 0 aromatic carbocycles. The van der Waals surface area contributed by atoms with Crippen LogP contribution in [0.4, 0.5) is 5.69 Å². The van der Waals surface area contributed by atoms with Crippen molar-refractivity contribution in [1.29, 1.82) is 0 Å². The van der Waals surface area contributed by atoms with E-state index in [0.29, 0.717) is 5.69 Å². The lowest BCUT2D eigenvalue weighted by Crippen LogP contribution is -2.05. The Kier molecular flexibility index (Phi) is 2.15. The zero-order valence-corrected chi connectivity index (χ0v) is 8.90. The van der Waals surface area contributed by atoms with Crippen LogP contribution in [0, 0.1) is 6.92 Å². The van der Waals surface area contributed by atoms with Gasteiger partial charge in [-0.15, -0.1) is 0 Å². The first-order chi connectivity index (χ1) is 7.08. The minimum absolute atomic E-state index is 0.106. The van der Waals surface area contributed by atoms with Gasteiger partial charge < -0.3 is 9.88 Å². The van der Waals surface area contributed by atoms with E-state index in [1.54, 1.807) is 6.20 Å². The van der Waals surface area contributed by atoms with Crippen LogP contribution in [-0.2, 0) is 11.8 Å². The van der Waals surface area contributed by atoms with Gasteiger partial charge in [0.2, 0.25) is 5.91 Å². The van der Waals surface area contributed by atoms with E-state index in [-0.39, 0.29) is 5.91 Å². The monoisotopic (exact) mass is 204 g/mol. The fourth-order valence-electron chi connectivity index (χ4n) is 1.51. The van der Waals surface area contributed by atoms with Gasteiger partial charge in [0.05, 0.1) is 17.6 Å². The first-order valence-electron chi connectivity index (χ1n) is 4.64. The van der Waals surface area contributed by atoms with E-state index < -0.39 is 0 Å². The number of carbonyl (C=O) groups is 1. The lowest BCUT2D eigenvalue weighted by atomic mass is 10.4. The van der Waals surface area contributed by atoms with Crippen molar-refractivity contribution in [3.8, 4) is 0 Å². The van der Waals surface area contributed by atoms with E-state index in [0.717, 1.165) is 16.9 Å². The lowest BCUT2D eigenvalue weighted by molar-refractivity contribution is -0.114. The number of carbonyl (C=O) groups excluding carboxylic acids is 1. The summed E-state index contributed by atoms with van der Waals surface area (Å²) in [5.74, 6) is -0.106. The molecule has 0 bridgehead atoms. The summed E-state index contributed by atoms with van der Waals surface area (Å²) in [5, 5.41) is 2.73. The number of aromatic nitrogens is 3. The summed E-state index contributed by atoms with van der Waals surface area (Å²) in [7, 11) is 1.87. The third-order valence-electron chi connectivity index (χ3n) is 2.10. The van der Waals surface area contributed by atoms with Crippen molar-refractivity contribution in [1.82, 2.24) is 14.5 Å². The Bertz CT molecular complexity index is 529. The van der Waals surface area contributed by atoms with E-state index >= 15 is 0 Å². The number of rotatable bonds is 1. The van der Waals surface area contributed by atoms with Crippen molar-refractivity contribution in [3.05, 3.63) is 18.1 Å². The summed E-state index contributed by atoms with van der Waals surface area (Å²) < 4.78 is 1.84. The number of amides is 1. The molecule has 0 fully saturated rings. The van der Waals surface area contributed by atoms with Crippen LogP contribution in [0.5, 0.6) is 0 Å². The van der Waals surface area contributed by atoms with Gasteiger partial charge in [0.25, 0.3) is 0 Å². The van der Waals surface area contributed by atoms with E-state index in [9.17, 15) is 4.79 Å². The SMILES string of the molecule is CC(=O)Nc1cn(C)c2ncc(C)nc12. The van der Waals surface area contributed by atoms with E-state index in [1.165, 1.54) is 6.92 Å². The molecule has 0 spiro atoms. The normalized spacial score (nSPS) is 10.6. The third kappa shape index (κ3) is 1.68. The molecule has 0 aliphatic carbocycles. The average Bonchev–Trinajstić information content (AvgIpc) is 2.42. The minimum atomic E-state index is -0.106. The Balaban J connectivity index is 2.64. The zero-order valence-electron chi connectivity index (χ0n) is 8.90. The molecule has 0 atom stereocenters. The smallest absolute Gasteiger partial charge is 0.221 e. The molecule has 2 aromatic rings. The van der Waals surface area contributed by atoms with Crippen LogP contribution in [0.3, 0.4) is 0 Å². The highest BCUT2D eigenvalue weighted by Crippen LogP contribution is 2.21. The van der Waals surface area contributed by atoms with Crippen molar-refractivity contribution < 1.29 is 4.79 Å². The molecule has 0 saturated carbocycles. The predicted octanol–water partition coefficient (Wildman–Crippen LogP) is 1.24. The summed E-state index contributed by atoms with van der Waals surface area (Å²) in [4.78, 5) is 19.6. The molecule has 1 amide bonds. The second-order valence-corrected chi connectivity index (χ2v) is 3.52. The largest absolute Gasteiger partial charge is 0.332 e. The molecule has 5 nitrogen and oxygen atoms in total. The first-order valence-corrected chi connectivity index (χ1v) is 4.64. The number of fused-ring (bicyclic) bond motifs is 1. The topological polar surface area (TPSA) is 59.8 Å². The van der Waals surface area contributed by atoms with Gasteiger partial charge in [-0.25, -0.2) is 9.97 Å². The molecule has 1 N–H and O–H groups in total. The van der Waals surface area contributed by atoms with Gasteiger partial charge in [-0.2, -0.15) is 0 Å². The molecular formula is C10H12N4O. The highest BCUT2D eigenvalue weighted by Gasteiger charge is 2.09.